The topological polar surface area (TPSA) is 71.3 Å². The zero-order valence-electron chi connectivity index (χ0n) is 14.7. The van der Waals surface area contributed by atoms with Gasteiger partial charge in [-0.3, -0.25) is 4.79 Å². The molecule has 0 heterocycles. The second-order valence-electron chi connectivity index (χ2n) is 5.48. The Bertz CT molecular complexity index is 861. The molecule has 0 spiro atoms. The third-order valence-electron chi connectivity index (χ3n) is 3.76. The van der Waals surface area contributed by atoms with E-state index < -0.39 is 29.2 Å². The van der Waals surface area contributed by atoms with Gasteiger partial charge in [0.05, 0.1) is 24.3 Å². The van der Waals surface area contributed by atoms with Gasteiger partial charge in [0, 0.05) is 30.3 Å². The van der Waals surface area contributed by atoms with Crippen LogP contribution in [0.25, 0.3) is 0 Å². The summed E-state index contributed by atoms with van der Waals surface area (Å²) in [5.74, 6) is -2.62. The fraction of sp³-hybridized carbons (Fsp3) is 0.263. The van der Waals surface area contributed by atoms with Crippen LogP contribution < -0.4 is 10.1 Å². The van der Waals surface area contributed by atoms with E-state index in [2.05, 4.69) is 5.32 Å². The van der Waals surface area contributed by atoms with Crippen molar-refractivity contribution >= 4 is 17.5 Å². The van der Waals surface area contributed by atoms with Crippen molar-refractivity contribution in [2.24, 2.45) is 0 Å². The van der Waals surface area contributed by atoms with Crippen LogP contribution in [0.1, 0.15) is 29.7 Å². The van der Waals surface area contributed by atoms with Crippen LogP contribution in [0.3, 0.4) is 0 Å². The van der Waals surface area contributed by atoms with Crippen LogP contribution >= 0.6 is 11.6 Å². The van der Waals surface area contributed by atoms with Crippen molar-refractivity contribution < 1.29 is 23.0 Å². The van der Waals surface area contributed by atoms with Crippen molar-refractivity contribution in [3.05, 3.63) is 63.7 Å². The van der Waals surface area contributed by atoms with E-state index in [0.717, 1.165) is 12.1 Å². The van der Waals surface area contributed by atoms with Crippen LogP contribution in [-0.2, 0) is 16.1 Å². The van der Waals surface area contributed by atoms with Gasteiger partial charge in [0.25, 0.3) is 5.91 Å². The lowest BCUT2D eigenvalue weighted by Crippen LogP contribution is -2.31. The SMILES string of the molecule is CCO[C@H](C(=O)NCc1ccc(C#N)cc1Cl)c1c(F)cc(OC)cc1F. The fourth-order valence-corrected chi connectivity index (χ4v) is 2.67. The number of hydrogen-bond acceptors (Lipinski definition) is 4. The van der Waals surface area contributed by atoms with Crippen molar-refractivity contribution in [2.45, 2.75) is 19.6 Å². The van der Waals surface area contributed by atoms with Crippen molar-refractivity contribution in [3.63, 3.8) is 0 Å². The molecule has 1 atom stereocenters. The molecular weight excluding hydrogens is 378 g/mol. The van der Waals surface area contributed by atoms with Crippen LogP contribution in [0, 0.1) is 23.0 Å². The number of nitriles is 1. The lowest BCUT2D eigenvalue weighted by atomic mass is 10.1. The Morgan fingerprint density at radius 1 is 1.30 bits per heavy atom. The van der Waals surface area contributed by atoms with E-state index in [0.29, 0.717) is 16.1 Å². The lowest BCUT2D eigenvalue weighted by molar-refractivity contribution is -0.133. The number of nitrogens with zero attached hydrogens (tertiary/aromatic N) is 1. The Morgan fingerprint density at radius 3 is 2.48 bits per heavy atom. The van der Waals surface area contributed by atoms with Crippen LogP contribution in [0.4, 0.5) is 8.78 Å². The molecule has 2 aromatic rings. The van der Waals surface area contributed by atoms with Gasteiger partial charge in [0.2, 0.25) is 0 Å². The molecule has 0 bridgehead atoms. The molecule has 0 saturated carbocycles. The molecule has 27 heavy (non-hydrogen) atoms. The molecule has 2 aromatic carbocycles. The predicted molar refractivity (Wildman–Crippen MR) is 95.3 cm³/mol. The highest BCUT2D eigenvalue weighted by atomic mass is 35.5. The first-order valence-electron chi connectivity index (χ1n) is 8.02. The molecule has 1 amide bonds. The van der Waals surface area contributed by atoms with E-state index in [4.69, 9.17) is 26.3 Å². The molecule has 1 N–H and O–H groups in total. The van der Waals surface area contributed by atoms with Gasteiger partial charge in [-0.2, -0.15) is 5.26 Å². The van der Waals surface area contributed by atoms with Crippen LogP contribution in [-0.4, -0.2) is 19.6 Å². The monoisotopic (exact) mass is 394 g/mol. The molecule has 0 radical (unpaired) electrons. The average molecular weight is 395 g/mol. The number of carbonyl (C=O) groups is 1. The molecular formula is C19H17ClF2N2O3. The largest absolute Gasteiger partial charge is 0.497 e. The Kier molecular flexibility index (Phi) is 7.11. The number of nitrogens with one attached hydrogen (secondary N) is 1. The van der Waals surface area contributed by atoms with Gasteiger partial charge < -0.3 is 14.8 Å². The number of hydrogen-bond donors (Lipinski definition) is 1. The van der Waals surface area contributed by atoms with E-state index in [1.54, 1.807) is 19.1 Å². The Balaban J connectivity index is 2.22. The van der Waals surface area contributed by atoms with E-state index >= 15 is 0 Å². The maximum absolute atomic E-state index is 14.3. The van der Waals surface area contributed by atoms with E-state index in [1.165, 1.54) is 13.2 Å². The third-order valence-corrected chi connectivity index (χ3v) is 4.11. The second-order valence-corrected chi connectivity index (χ2v) is 5.88. The minimum absolute atomic E-state index is 0.00577. The highest BCUT2D eigenvalue weighted by Gasteiger charge is 2.28. The summed E-state index contributed by atoms with van der Waals surface area (Å²) in [6.07, 6.45) is -1.47. The molecule has 0 saturated heterocycles. The summed E-state index contributed by atoms with van der Waals surface area (Å²) in [4.78, 5) is 12.5. The molecule has 0 aliphatic heterocycles. The van der Waals surface area contributed by atoms with Crippen LogP contribution in [0.15, 0.2) is 30.3 Å². The van der Waals surface area contributed by atoms with Gasteiger partial charge in [0.15, 0.2) is 6.10 Å². The average Bonchev–Trinajstić information content (AvgIpc) is 2.65. The molecule has 0 aromatic heterocycles. The first-order valence-corrected chi connectivity index (χ1v) is 8.39. The minimum Gasteiger partial charge on any atom is -0.497 e. The number of rotatable bonds is 7. The first-order chi connectivity index (χ1) is 12.9. The summed E-state index contributed by atoms with van der Waals surface area (Å²) < 4.78 is 38.7. The molecule has 0 fully saturated rings. The number of halogens is 3. The second kappa shape index (κ2) is 9.31. The molecule has 0 aliphatic carbocycles. The number of methoxy groups -OCH3 is 1. The maximum Gasteiger partial charge on any atom is 0.254 e. The van der Waals surface area contributed by atoms with Gasteiger partial charge in [-0.05, 0) is 24.6 Å². The zero-order chi connectivity index (χ0) is 20.0. The minimum atomic E-state index is -1.47. The Labute approximate surface area is 160 Å². The van der Waals surface area contributed by atoms with E-state index in [-0.39, 0.29) is 18.9 Å². The van der Waals surface area contributed by atoms with Crippen molar-refractivity contribution in [2.75, 3.05) is 13.7 Å². The Hall–Kier alpha value is -2.69. The van der Waals surface area contributed by atoms with Gasteiger partial charge in [0.1, 0.15) is 17.4 Å². The Morgan fingerprint density at radius 2 is 1.96 bits per heavy atom. The number of benzene rings is 2. The van der Waals surface area contributed by atoms with E-state index in [1.807, 2.05) is 6.07 Å². The van der Waals surface area contributed by atoms with Gasteiger partial charge in [-0.25, -0.2) is 8.78 Å². The summed E-state index contributed by atoms with van der Waals surface area (Å²) >= 11 is 6.07. The van der Waals surface area contributed by atoms with Crippen LogP contribution in [0.5, 0.6) is 5.75 Å². The summed E-state index contributed by atoms with van der Waals surface area (Å²) in [5, 5.41) is 11.7. The molecule has 0 aliphatic rings. The lowest BCUT2D eigenvalue weighted by Gasteiger charge is -2.19. The summed E-state index contributed by atoms with van der Waals surface area (Å²) in [5.41, 5.74) is 0.431. The third kappa shape index (κ3) is 4.94. The first kappa shape index (κ1) is 20.6. The zero-order valence-corrected chi connectivity index (χ0v) is 15.4. The van der Waals surface area contributed by atoms with Gasteiger partial charge in [-0.15, -0.1) is 0 Å². The number of amides is 1. The normalized spacial score (nSPS) is 11.6. The summed E-state index contributed by atoms with van der Waals surface area (Å²) in [7, 11) is 1.28. The maximum atomic E-state index is 14.3. The van der Waals surface area contributed by atoms with E-state index in [9.17, 15) is 13.6 Å². The molecule has 0 unspecified atom stereocenters. The fourth-order valence-electron chi connectivity index (χ4n) is 2.42. The smallest absolute Gasteiger partial charge is 0.254 e. The van der Waals surface area contributed by atoms with Gasteiger partial charge >= 0.3 is 0 Å². The number of ether oxygens (including phenoxy) is 2. The van der Waals surface area contributed by atoms with Crippen molar-refractivity contribution in [1.29, 1.82) is 5.26 Å². The predicted octanol–water partition coefficient (Wildman–Crippen LogP) is 3.89. The molecule has 142 valence electrons. The summed E-state index contributed by atoms with van der Waals surface area (Å²) in [6.45, 7) is 1.68. The highest BCUT2D eigenvalue weighted by molar-refractivity contribution is 6.31. The van der Waals surface area contributed by atoms with Gasteiger partial charge in [-0.1, -0.05) is 17.7 Å². The molecule has 8 heteroatoms. The number of carbonyl (C=O) groups excluding carboxylic acids is 1. The van der Waals surface area contributed by atoms with Crippen LogP contribution in [0.2, 0.25) is 5.02 Å². The standard InChI is InChI=1S/C19H17ClF2N2O3/c1-3-27-18(17-15(21)7-13(26-2)8-16(17)22)19(25)24-10-12-5-4-11(9-23)6-14(12)20/h4-8,18H,3,10H2,1-2H3,(H,24,25)/t18-/m0/s1. The van der Waals surface area contributed by atoms with Crippen molar-refractivity contribution in [1.82, 2.24) is 5.32 Å². The van der Waals surface area contributed by atoms with Crippen molar-refractivity contribution in [3.8, 4) is 11.8 Å². The molecule has 2 rings (SSSR count). The summed E-state index contributed by atoms with van der Waals surface area (Å²) in [6, 6.07) is 8.52. The molecule has 5 nitrogen and oxygen atoms in total. The highest BCUT2D eigenvalue weighted by Crippen LogP contribution is 2.28. The quantitative estimate of drug-likeness (QED) is 0.773.